The van der Waals surface area contributed by atoms with Gasteiger partial charge in [0.15, 0.2) is 39.7 Å². The fourth-order valence-corrected chi connectivity index (χ4v) is 19.3. The summed E-state index contributed by atoms with van der Waals surface area (Å²) in [7, 11) is 0. The van der Waals surface area contributed by atoms with Gasteiger partial charge in [-0.25, -0.2) is 29.9 Å². The van der Waals surface area contributed by atoms with Gasteiger partial charge in [-0.15, -0.1) is 34.4 Å². The van der Waals surface area contributed by atoms with E-state index in [1.54, 1.807) is 79.3 Å². The lowest BCUT2D eigenvalue weighted by Crippen LogP contribution is -2.27. The van der Waals surface area contributed by atoms with E-state index < -0.39 is 0 Å². The molecule has 29 N–H and O–H groups in total. The van der Waals surface area contributed by atoms with Gasteiger partial charge in [-0.3, -0.25) is 9.59 Å². The third-order valence-corrected chi connectivity index (χ3v) is 27.2. The molecule has 2 amide bonds. The Kier molecular flexibility index (Phi) is 33.2. The fourth-order valence-electron chi connectivity index (χ4n) is 15.7. The summed E-state index contributed by atoms with van der Waals surface area (Å²) in [6.07, 6.45) is 15.8. The van der Waals surface area contributed by atoms with Gasteiger partial charge in [0.1, 0.15) is 84.9 Å². The number of carbonyl (C=O) groups excluding carboxylic acids is 2. The van der Waals surface area contributed by atoms with Crippen LogP contribution in [0.5, 0.6) is 0 Å². The average molecular weight is 2100 g/mol. The van der Waals surface area contributed by atoms with E-state index in [4.69, 9.17) is 96.2 Å². The molecule has 6 aliphatic rings. The van der Waals surface area contributed by atoms with Gasteiger partial charge in [-0.2, -0.15) is 57.7 Å². The Labute approximate surface area is 815 Å². The van der Waals surface area contributed by atoms with Crippen molar-refractivity contribution in [3.05, 3.63) is 155 Å². The van der Waals surface area contributed by atoms with Crippen molar-refractivity contribution in [2.45, 2.75) is 121 Å². The zero-order chi connectivity index (χ0) is 93.3. The summed E-state index contributed by atoms with van der Waals surface area (Å²) in [6.45, 7) is 14.7. The second-order valence-corrected chi connectivity index (χ2v) is 38.4. The summed E-state index contributed by atoms with van der Waals surface area (Å²) in [4.78, 5) is 68.1. The molecule has 0 aliphatic carbocycles. The van der Waals surface area contributed by atoms with Gasteiger partial charge in [-0.1, -0.05) is 56.8 Å². The lowest BCUT2D eigenvalue weighted by molar-refractivity contribution is -0.115. The molecule has 21 rings (SSSR count). The number of carbonyl (C=O) groups is 2. The summed E-state index contributed by atoms with van der Waals surface area (Å²) in [5, 5.41) is 44.2. The highest BCUT2D eigenvalue weighted by molar-refractivity contribution is 9.11. The van der Waals surface area contributed by atoms with E-state index in [0.717, 1.165) is 200 Å². The van der Waals surface area contributed by atoms with E-state index in [1.807, 2.05) is 48.7 Å². The first-order valence-corrected chi connectivity index (χ1v) is 48.0. The number of nitrogens with one attached hydrogen (secondary N) is 2. The van der Waals surface area contributed by atoms with Crippen LogP contribution in [0.25, 0.3) is 33.9 Å². The number of rotatable bonds is 16. The van der Waals surface area contributed by atoms with Gasteiger partial charge in [0.05, 0.1) is 76.4 Å². The van der Waals surface area contributed by atoms with E-state index >= 15 is 0 Å². The first kappa shape index (κ1) is 99.7. The van der Waals surface area contributed by atoms with E-state index in [1.165, 1.54) is 48.9 Å². The molecule has 714 valence electrons. The molecule has 6 fully saturated rings. The predicted octanol–water partition coefficient (Wildman–Crippen LogP) is 7.91. The Balaban J connectivity index is 0.000000134. The first-order chi connectivity index (χ1) is 63.5. The highest BCUT2D eigenvalue weighted by Crippen LogP contribution is 2.38. The Morgan fingerprint density at radius 1 is 0.455 bits per heavy atom. The number of benzene rings is 1. The number of thiophene rings is 2. The number of hydrogen-bond acceptors (Lipinski definition) is 38. The van der Waals surface area contributed by atoms with Crippen molar-refractivity contribution in [3.63, 3.8) is 0 Å². The van der Waals surface area contributed by atoms with Crippen LogP contribution < -0.4 is 119 Å². The summed E-state index contributed by atoms with van der Waals surface area (Å²) < 4.78 is 11.9. The van der Waals surface area contributed by atoms with Crippen LogP contribution in [-0.4, -0.2) is 232 Å². The van der Waals surface area contributed by atoms with Crippen LogP contribution in [0.1, 0.15) is 77.0 Å². The largest absolute Gasteiger partial charge is 0.396 e. The quantitative estimate of drug-likeness (QED) is 0.0408. The van der Waals surface area contributed by atoms with Crippen molar-refractivity contribution in [2.24, 2.45) is 34.4 Å². The smallest absolute Gasteiger partial charge is 0.221 e. The maximum atomic E-state index is 11.2. The molecule has 0 saturated carbocycles. The number of nitrogens with zero attached hydrogens (tertiary/aromatic N) is 25. The molecule has 6 saturated heterocycles. The third kappa shape index (κ3) is 23.4. The van der Waals surface area contributed by atoms with E-state index in [2.05, 4.69) is 183 Å². The van der Waals surface area contributed by atoms with Crippen LogP contribution in [0, 0.1) is 0 Å². The number of halogens is 4. The van der Waals surface area contributed by atoms with Crippen LogP contribution >= 0.6 is 93.8 Å². The van der Waals surface area contributed by atoms with Crippen molar-refractivity contribution >= 4 is 232 Å². The molecule has 0 bridgehead atoms. The maximum absolute atomic E-state index is 11.2. The summed E-state index contributed by atoms with van der Waals surface area (Å²) >= 11 is 21.6. The molecule has 0 spiro atoms. The van der Waals surface area contributed by atoms with Crippen LogP contribution in [0.2, 0.25) is 5.02 Å². The number of fused-ring (bicyclic) bond motifs is 6. The number of nitrogen functional groups attached to an aromatic ring is 7. The standard InChI is InChI=1S/C20H23N7S2.C12H17N7O.C12H18N6OS.C10H12Br2N6.C10H12BrClN6.C10H15N7.C8H9NO.2CH4/c21-14-5-6-25(11-14)19-9-18(22)27-20(24-19)17(10-23-27)26(12-15-3-1-7-28-15)13-16-4-2-8-29-16;1-7(20)16-9-5-15-19-10(14)4-11(17-12(9)19)18-3-2-8(13)6-18;13-8-1-2-17(7-8)11-5-10(14)18-12(16-11)9(6-15-18)20-4-3-19;2*11-6-3-15-18-8(14)7(12)10(16-9(6)18)17-2-1-5(13)4-17;11-6-1-2-16(5-6)9-3-8(13)17-10(15-9)7(12)4-14-17;1-7(10)9-8-5-3-2-4-6-8;;/h1-4,7-10,14H,5-6,11-13,21-22H2;4-5,8H,2-3,6,13-14H2,1H3,(H,16,20);5-6,8,19H,1-4,7,13-14H2;2*3,5H,1-2,4,13-14H2;3-4,6H,1-2,5,11-13H2;2-6H,1H3,(H,9,10);2*1H4/t14-;2*8-;2*5-;6-;;;/m000110.../s1. The minimum absolute atomic E-state index is 0. The Hall–Kier alpha value is -11.7. The number of para-hydroxylation sites is 1. The van der Waals surface area contributed by atoms with E-state index in [9.17, 15) is 9.59 Å². The zero-order valence-corrected chi connectivity index (χ0v) is 80.3. The third-order valence-electron chi connectivity index (χ3n) is 22.2. The summed E-state index contributed by atoms with van der Waals surface area (Å²) in [5.41, 5.74) is 84.7. The Morgan fingerprint density at radius 3 is 1.29 bits per heavy atom. The van der Waals surface area contributed by atoms with Crippen LogP contribution in [-0.2, 0) is 22.7 Å². The van der Waals surface area contributed by atoms with Gasteiger partial charge in [0.25, 0.3) is 0 Å². The molecule has 134 heavy (non-hydrogen) atoms. The van der Waals surface area contributed by atoms with E-state index in [0.29, 0.717) is 85.5 Å². The minimum Gasteiger partial charge on any atom is -0.396 e. The lowest BCUT2D eigenvalue weighted by atomic mass is 10.3. The van der Waals surface area contributed by atoms with Gasteiger partial charge < -0.3 is 125 Å². The van der Waals surface area contributed by atoms with Gasteiger partial charge in [0.2, 0.25) is 11.8 Å². The van der Waals surface area contributed by atoms with Crippen LogP contribution in [0.15, 0.2) is 145 Å². The van der Waals surface area contributed by atoms with Crippen LogP contribution in [0.4, 0.5) is 92.6 Å². The molecule has 6 aliphatic heterocycles. The van der Waals surface area contributed by atoms with Crippen molar-refractivity contribution in [2.75, 3.05) is 176 Å². The van der Waals surface area contributed by atoms with Gasteiger partial charge in [0, 0.05) is 174 Å². The minimum atomic E-state index is -0.172. The predicted molar refractivity (Wildman–Crippen MR) is 551 cm³/mol. The molecule has 0 radical (unpaired) electrons. The van der Waals surface area contributed by atoms with Gasteiger partial charge >= 0.3 is 0 Å². The number of hydrogen-bond donors (Lipinski definition) is 16. The monoisotopic (exact) mass is 2100 g/mol. The summed E-state index contributed by atoms with van der Waals surface area (Å²) in [6, 6.07) is 26.3. The molecular formula is C84H114Br3ClN40O3S3. The molecule has 20 heterocycles. The van der Waals surface area contributed by atoms with Crippen molar-refractivity contribution in [1.29, 1.82) is 0 Å². The number of amides is 2. The number of thioether (sulfide) groups is 1. The highest BCUT2D eigenvalue weighted by Gasteiger charge is 2.31. The molecule has 43 nitrogen and oxygen atoms in total. The maximum Gasteiger partial charge on any atom is 0.221 e. The molecular weight excluding hydrogens is 1990 g/mol. The van der Waals surface area contributed by atoms with Crippen molar-refractivity contribution < 1.29 is 14.7 Å². The lowest BCUT2D eigenvalue weighted by Gasteiger charge is -2.23. The Morgan fingerprint density at radius 2 is 0.843 bits per heavy atom. The van der Waals surface area contributed by atoms with Crippen LogP contribution in [0.3, 0.4) is 0 Å². The zero-order valence-electron chi connectivity index (χ0n) is 72.3. The molecule has 1 aromatic carbocycles. The first-order valence-electron chi connectivity index (χ1n) is 42.5. The van der Waals surface area contributed by atoms with E-state index in [-0.39, 0.29) is 69.5 Å². The molecule has 15 aromatic rings. The number of aliphatic hydroxyl groups is 1. The number of anilines is 16. The van der Waals surface area contributed by atoms with Crippen molar-refractivity contribution in [1.82, 2.24) is 87.6 Å². The summed E-state index contributed by atoms with van der Waals surface area (Å²) in [5.74, 6) is 8.28. The highest BCUT2D eigenvalue weighted by atomic mass is 79.9. The van der Waals surface area contributed by atoms with Gasteiger partial charge in [-0.05, 0) is 121 Å². The molecule has 14 aromatic heterocycles. The SMILES string of the molecule is C.C.CC(=O)Nc1ccccc1.CC(=O)Nc1cnn2c(N)cc(N3CC[C@H](N)C3)nc12.Nc1c(Br)c(N2CC[C@@H](N)C2)nc2c(Br)cnn12.Nc1c(Cl)c(N2CC[C@@H](N)C2)nc2c(Br)cnn12.Nc1cc(N2CC[C@H](N)C2)nc2c(N(Cc3cccs3)Cc3cccs3)cnn12.Nc1cc(N2CC[C@H](N)C2)nc2c(SCCO)cnn12.Nc1cnn2c(N)cc(N3CC[C@H](N)C3)nc12. The number of aromatic nitrogens is 18. The topological polar surface area (TPSA) is 621 Å². The molecule has 6 atom stereocenters. The second-order valence-electron chi connectivity index (χ2n) is 32.3. The molecule has 50 heteroatoms. The fraction of sp³-hybridized carbons (Fsp3) is 0.381. The van der Waals surface area contributed by atoms with Crippen molar-refractivity contribution in [3.8, 4) is 0 Å². The number of nitrogens with two attached hydrogens (primary N) is 13. The number of aliphatic hydroxyl groups excluding tert-OH is 1. The second kappa shape index (κ2) is 44.6. The average Bonchev–Trinajstić information content (AvgIpc) is 1.63. The Bertz CT molecular complexity index is 6360. The normalized spacial score (nSPS) is 17.9. The molecule has 0 unspecified atom stereocenters.